The van der Waals surface area contributed by atoms with Gasteiger partial charge in [0.15, 0.2) is 5.82 Å². The van der Waals surface area contributed by atoms with E-state index in [1.54, 1.807) is 28.3 Å². The fourth-order valence-corrected chi connectivity index (χ4v) is 3.81. The molecular weight excluding hydrogens is 394 g/mol. The van der Waals surface area contributed by atoms with Gasteiger partial charge in [-0.1, -0.05) is 24.3 Å². The molecule has 3 aromatic rings. The lowest BCUT2D eigenvalue weighted by Crippen LogP contribution is -2.40. The summed E-state index contributed by atoms with van der Waals surface area (Å²) in [5, 5.41) is 3.03. The standard InChI is InChI=1S/C23H21N5O3/c29-21-13-26-22-19(28(21)15-18-6-3-4-8-24-18)11-17(12-25-22)23(30)27-9-10-31-20-7-2-1-5-16(20)14-27/h1-8,11-12H,9-10,13-15H2,(H,25,26). The van der Waals surface area contributed by atoms with Gasteiger partial charge in [0.2, 0.25) is 5.91 Å². The summed E-state index contributed by atoms with van der Waals surface area (Å²) in [5.74, 6) is 1.14. The number of nitrogens with one attached hydrogen (secondary N) is 1. The maximum atomic E-state index is 13.3. The lowest BCUT2D eigenvalue weighted by atomic mass is 10.1. The number of para-hydroxylation sites is 1. The Morgan fingerprint density at radius 3 is 2.87 bits per heavy atom. The van der Waals surface area contributed by atoms with E-state index in [-0.39, 0.29) is 18.4 Å². The summed E-state index contributed by atoms with van der Waals surface area (Å²) in [5.41, 5.74) is 2.74. The van der Waals surface area contributed by atoms with Crippen molar-refractivity contribution in [2.75, 3.05) is 29.9 Å². The number of amides is 2. The number of nitrogens with zero attached hydrogens (tertiary/aromatic N) is 4. The van der Waals surface area contributed by atoms with E-state index in [1.165, 1.54) is 0 Å². The van der Waals surface area contributed by atoms with Gasteiger partial charge in [-0.2, -0.15) is 0 Å². The number of anilines is 2. The number of ether oxygens (including phenoxy) is 1. The monoisotopic (exact) mass is 415 g/mol. The minimum Gasteiger partial charge on any atom is -0.491 e. The molecule has 0 spiro atoms. The molecular formula is C23H21N5O3. The van der Waals surface area contributed by atoms with Crippen LogP contribution < -0.4 is 15.0 Å². The second-order valence-corrected chi connectivity index (χ2v) is 7.43. The first-order chi connectivity index (χ1) is 15.2. The number of fused-ring (bicyclic) bond motifs is 2. The molecule has 0 bridgehead atoms. The quantitative estimate of drug-likeness (QED) is 0.707. The molecule has 8 heteroatoms. The summed E-state index contributed by atoms with van der Waals surface area (Å²) >= 11 is 0. The van der Waals surface area contributed by atoms with Crippen molar-refractivity contribution in [2.45, 2.75) is 13.1 Å². The van der Waals surface area contributed by atoms with Crippen LogP contribution in [0, 0.1) is 0 Å². The highest BCUT2D eigenvalue weighted by molar-refractivity contribution is 6.04. The second-order valence-electron chi connectivity index (χ2n) is 7.43. The van der Waals surface area contributed by atoms with Crippen molar-refractivity contribution >= 4 is 23.3 Å². The summed E-state index contributed by atoms with van der Waals surface area (Å²) in [7, 11) is 0. The Balaban J connectivity index is 1.43. The lowest BCUT2D eigenvalue weighted by Gasteiger charge is -2.30. The third-order valence-corrected chi connectivity index (χ3v) is 5.40. The van der Waals surface area contributed by atoms with Crippen LogP contribution >= 0.6 is 0 Å². The van der Waals surface area contributed by atoms with Gasteiger partial charge < -0.3 is 19.9 Å². The highest BCUT2D eigenvalue weighted by Crippen LogP contribution is 2.30. The molecule has 0 radical (unpaired) electrons. The van der Waals surface area contributed by atoms with Crippen molar-refractivity contribution in [3.8, 4) is 5.75 Å². The van der Waals surface area contributed by atoms with Crippen LogP contribution in [0.3, 0.4) is 0 Å². The number of benzene rings is 1. The first-order valence-corrected chi connectivity index (χ1v) is 10.1. The smallest absolute Gasteiger partial charge is 0.255 e. The van der Waals surface area contributed by atoms with Crippen LogP contribution in [-0.2, 0) is 17.9 Å². The van der Waals surface area contributed by atoms with Gasteiger partial charge in [-0.25, -0.2) is 4.98 Å². The summed E-state index contributed by atoms with van der Waals surface area (Å²) in [6.45, 7) is 1.83. The Hall–Kier alpha value is -3.94. The molecule has 0 aliphatic carbocycles. The van der Waals surface area contributed by atoms with Crippen LogP contribution in [-0.4, -0.2) is 46.4 Å². The van der Waals surface area contributed by atoms with Crippen molar-refractivity contribution < 1.29 is 14.3 Å². The highest BCUT2D eigenvalue weighted by atomic mass is 16.5. The molecule has 0 fully saturated rings. The van der Waals surface area contributed by atoms with E-state index in [9.17, 15) is 9.59 Å². The minimum absolute atomic E-state index is 0.0957. The number of hydrogen-bond donors (Lipinski definition) is 1. The van der Waals surface area contributed by atoms with Crippen LogP contribution in [0.2, 0.25) is 0 Å². The molecule has 2 aromatic heterocycles. The predicted molar refractivity (Wildman–Crippen MR) is 115 cm³/mol. The molecule has 2 aliphatic rings. The van der Waals surface area contributed by atoms with Gasteiger partial charge in [0.05, 0.1) is 36.6 Å². The number of pyridine rings is 2. The normalized spacial score (nSPS) is 15.3. The molecule has 5 rings (SSSR count). The maximum Gasteiger partial charge on any atom is 0.255 e. The zero-order chi connectivity index (χ0) is 21.2. The Morgan fingerprint density at radius 1 is 1.13 bits per heavy atom. The van der Waals surface area contributed by atoms with Crippen molar-refractivity contribution in [3.05, 3.63) is 77.7 Å². The molecule has 1 aromatic carbocycles. The van der Waals surface area contributed by atoms with Gasteiger partial charge in [-0.3, -0.25) is 14.6 Å². The number of carbonyl (C=O) groups excluding carboxylic acids is 2. The number of hydrogen-bond acceptors (Lipinski definition) is 6. The molecule has 0 saturated heterocycles. The van der Waals surface area contributed by atoms with Gasteiger partial charge in [0.1, 0.15) is 12.4 Å². The topological polar surface area (TPSA) is 87.7 Å². The van der Waals surface area contributed by atoms with E-state index in [1.807, 2.05) is 42.5 Å². The van der Waals surface area contributed by atoms with Gasteiger partial charge in [-0.05, 0) is 24.3 Å². The molecule has 31 heavy (non-hydrogen) atoms. The van der Waals surface area contributed by atoms with Gasteiger partial charge in [0.25, 0.3) is 5.91 Å². The highest BCUT2D eigenvalue weighted by Gasteiger charge is 2.28. The fraction of sp³-hybridized carbons (Fsp3) is 0.217. The van der Waals surface area contributed by atoms with Gasteiger partial charge >= 0.3 is 0 Å². The molecule has 0 atom stereocenters. The number of carbonyl (C=O) groups is 2. The first kappa shape index (κ1) is 19.0. The molecule has 8 nitrogen and oxygen atoms in total. The third-order valence-electron chi connectivity index (χ3n) is 5.40. The second kappa shape index (κ2) is 8.06. The SMILES string of the molecule is O=C(c1cnc2c(c1)N(Cc1ccccn1)C(=O)CN2)N1CCOc2ccccc2C1. The molecule has 2 aliphatic heterocycles. The molecule has 0 saturated carbocycles. The van der Waals surface area contributed by atoms with Crippen LogP contribution in [0.1, 0.15) is 21.6 Å². The van der Waals surface area contributed by atoms with Crippen molar-refractivity contribution in [1.29, 1.82) is 0 Å². The largest absolute Gasteiger partial charge is 0.491 e. The number of rotatable bonds is 3. The zero-order valence-corrected chi connectivity index (χ0v) is 16.8. The van der Waals surface area contributed by atoms with Gasteiger partial charge in [0, 0.05) is 24.5 Å². The van der Waals surface area contributed by atoms with E-state index in [0.717, 1.165) is 17.0 Å². The summed E-state index contributed by atoms with van der Waals surface area (Å²) in [6.07, 6.45) is 3.25. The van der Waals surface area contributed by atoms with Crippen molar-refractivity contribution in [1.82, 2.24) is 14.9 Å². The Labute approximate surface area is 179 Å². The lowest BCUT2D eigenvalue weighted by molar-refractivity contribution is -0.117. The first-order valence-electron chi connectivity index (χ1n) is 10.1. The van der Waals surface area contributed by atoms with Crippen LogP contribution in [0.25, 0.3) is 0 Å². The van der Waals surface area contributed by atoms with Gasteiger partial charge in [-0.15, -0.1) is 0 Å². The average Bonchev–Trinajstić information content (AvgIpc) is 3.03. The third kappa shape index (κ3) is 3.79. The van der Waals surface area contributed by atoms with E-state index in [0.29, 0.717) is 43.3 Å². The summed E-state index contributed by atoms with van der Waals surface area (Å²) in [6, 6.07) is 15.0. The minimum atomic E-state index is -0.147. The molecule has 0 unspecified atom stereocenters. The molecule has 1 N–H and O–H groups in total. The van der Waals surface area contributed by atoms with Crippen LogP contribution in [0.15, 0.2) is 60.9 Å². The van der Waals surface area contributed by atoms with E-state index in [2.05, 4.69) is 15.3 Å². The zero-order valence-electron chi connectivity index (χ0n) is 16.8. The Bertz CT molecular complexity index is 1140. The number of aromatic nitrogens is 2. The van der Waals surface area contributed by atoms with E-state index in [4.69, 9.17) is 4.74 Å². The van der Waals surface area contributed by atoms with Crippen LogP contribution in [0.4, 0.5) is 11.5 Å². The molecule has 4 heterocycles. The summed E-state index contributed by atoms with van der Waals surface area (Å²) in [4.78, 5) is 38.0. The van der Waals surface area contributed by atoms with Crippen LogP contribution in [0.5, 0.6) is 5.75 Å². The van der Waals surface area contributed by atoms with Crippen molar-refractivity contribution in [2.24, 2.45) is 0 Å². The molecule has 2 amide bonds. The van der Waals surface area contributed by atoms with E-state index < -0.39 is 0 Å². The van der Waals surface area contributed by atoms with E-state index >= 15 is 0 Å². The molecule has 156 valence electrons. The Kier molecular flexibility index (Phi) is 4.95. The van der Waals surface area contributed by atoms with Crippen molar-refractivity contribution in [3.63, 3.8) is 0 Å². The average molecular weight is 415 g/mol. The predicted octanol–water partition coefficient (Wildman–Crippen LogP) is 2.47. The Morgan fingerprint density at radius 2 is 2.00 bits per heavy atom. The fourth-order valence-electron chi connectivity index (χ4n) is 3.81. The maximum absolute atomic E-state index is 13.3. The summed E-state index contributed by atoms with van der Waals surface area (Å²) < 4.78 is 5.77.